The molecule has 0 heterocycles. The summed E-state index contributed by atoms with van der Waals surface area (Å²) in [5.41, 5.74) is 0. The molecule has 0 amide bonds. The van der Waals surface area contributed by atoms with Gasteiger partial charge in [0.25, 0.3) is 0 Å². The van der Waals surface area contributed by atoms with Crippen LogP contribution in [-0.2, 0) is 13.4 Å². The van der Waals surface area contributed by atoms with Gasteiger partial charge in [0.2, 0.25) is 0 Å². The maximum Gasteiger partial charge on any atom is 3.00 e. The van der Waals surface area contributed by atoms with Crippen LogP contribution in [0, 0.1) is 49.4 Å². The summed E-state index contributed by atoms with van der Waals surface area (Å²) in [4.78, 5) is 37.3. The van der Waals surface area contributed by atoms with E-state index in [1.165, 1.54) is 0 Å². The molecule has 0 N–H and O–H groups in total. The monoisotopic (exact) mass is 415 g/mol. The SMILES string of the molecule is O=P([O-])([O-])OP(=O)([O-])[O-].[Eu+3].[Sr+2]. The summed E-state index contributed by atoms with van der Waals surface area (Å²) in [5.74, 6) is 0. The molecule has 7 nitrogen and oxygen atoms in total. The molecule has 0 aromatic rings. The Hall–Kier alpha value is 3.32. The minimum atomic E-state index is -5.68. The molecule has 11 heavy (non-hydrogen) atoms. The molecular formula is EuO7P2Sr+. The smallest absolute Gasteiger partial charge is 0.790 e. The van der Waals surface area contributed by atoms with E-state index >= 15 is 0 Å². The fraction of sp³-hybridized carbons (Fsp3) is 0. The van der Waals surface area contributed by atoms with Crippen LogP contribution >= 0.6 is 15.6 Å². The predicted octanol–water partition coefficient (Wildman–Crippen LogP) is -3.72. The van der Waals surface area contributed by atoms with Crippen LogP contribution in [-0.4, -0.2) is 45.5 Å². The summed E-state index contributed by atoms with van der Waals surface area (Å²) in [6.07, 6.45) is 0. The topological polar surface area (TPSA) is 136 Å². The first-order valence-corrected chi connectivity index (χ1v) is 4.38. The van der Waals surface area contributed by atoms with Gasteiger partial charge in [0.05, 0.1) is 15.6 Å². The molecular weight excluding hydrogens is 414 g/mol. The van der Waals surface area contributed by atoms with Gasteiger partial charge in [0.1, 0.15) is 0 Å². The van der Waals surface area contributed by atoms with Gasteiger partial charge in [-0.15, -0.1) is 0 Å². The molecule has 60 valence electrons. The van der Waals surface area contributed by atoms with Gasteiger partial charge in [-0.2, -0.15) is 0 Å². The van der Waals surface area contributed by atoms with Crippen LogP contribution in [0.2, 0.25) is 0 Å². The maximum atomic E-state index is 9.32. The van der Waals surface area contributed by atoms with E-state index in [0.717, 1.165) is 0 Å². The standard InChI is InChI=1S/Eu.H4O7P2.Sr/c;1-8(2,3)7-9(4,5)6;/h;(H2,1,2,3)(H2,4,5,6);/q+3;;+2/p-4. The van der Waals surface area contributed by atoms with Gasteiger partial charge >= 0.3 is 94.9 Å². The van der Waals surface area contributed by atoms with Gasteiger partial charge in [0.15, 0.2) is 0 Å². The molecule has 0 saturated heterocycles. The second-order valence-electron chi connectivity index (χ2n) is 0.976. The van der Waals surface area contributed by atoms with E-state index in [1.54, 1.807) is 0 Å². The van der Waals surface area contributed by atoms with E-state index in [4.69, 9.17) is 0 Å². The average molecular weight is 414 g/mol. The second-order valence-corrected chi connectivity index (χ2v) is 3.42. The molecule has 0 rings (SSSR count). The maximum absolute atomic E-state index is 9.32. The van der Waals surface area contributed by atoms with E-state index in [1.807, 2.05) is 0 Å². The zero-order valence-corrected chi connectivity index (χ0v) is 12.5. The van der Waals surface area contributed by atoms with Crippen LogP contribution < -0.4 is 19.6 Å². The van der Waals surface area contributed by atoms with Gasteiger partial charge in [0, 0.05) is 0 Å². The van der Waals surface area contributed by atoms with Crippen molar-refractivity contribution in [2.45, 2.75) is 0 Å². The number of hydrogen-bond acceptors (Lipinski definition) is 7. The summed E-state index contributed by atoms with van der Waals surface area (Å²) < 4.78 is 21.2. The summed E-state index contributed by atoms with van der Waals surface area (Å²) in [6, 6.07) is 0. The first-order chi connectivity index (χ1) is 3.71. The Balaban J connectivity index is -0.000000320. The van der Waals surface area contributed by atoms with Crippen LogP contribution in [0.5, 0.6) is 0 Å². The Labute approximate surface area is 140 Å². The van der Waals surface area contributed by atoms with E-state index in [0.29, 0.717) is 0 Å². The van der Waals surface area contributed by atoms with Gasteiger partial charge in [-0.05, 0) is 0 Å². The van der Waals surface area contributed by atoms with E-state index in [-0.39, 0.29) is 94.9 Å². The first kappa shape index (κ1) is 19.8. The van der Waals surface area contributed by atoms with Crippen LogP contribution in [0.15, 0.2) is 0 Å². The van der Waals surface area contributed by atoms with Gasteiger partial charge in [-0.25, -0.2) is 0 Å². The van der Waals surface area contributed by atoms with Crippen LogP contribution in [0.1, 0.15) is 0 Å². The molecule has 0 fully saturated rings. The predicted molar refractivity (Wildman–Crippen MR) is 22.1 cm³/mol. The van der Waals surface area contributed by atoms with Crippen molar-refractivity contribution >= 4 is 61.1 Å². The van der Waals surface area contributed by atoms with Gasteiger partial charge < -0.3 is 33.0 Å². The van der Waals surface area contributed by atoms with E-state index < -0.39 is 15.6 Å². The Kier molecular flexibility index (Phi) is 13.7. The Bertz CT molecular complexity index is 157. The van der Waals surface area contributed by atoms with Crippen molar-refractivity contribution in [2.24, 2.45) is 0 Å². The fourth-order valence-electron chi connectivity index (χ4n) is 0.122. The summed E-state index contributed by atoms with van der Waals surface area (Å²) in [6.45, 7) is 0. The summed E-state index contributed by atoms with van der Waals surface area (Å²) in [5, 5.41) is 0. The molecule has 0 unspecified atom stereocenters. The summed E-state index contributed by atoms with van der Waals surface area (Å²) in [7, 11) is -11.4. The molecule has 0 aromatic heterocycles. The van der Waals surface area contributed by atoms with Gasteiger partial charge in [-0.3, -0.25) is 0 Å². The third-order valence-corrected chi connectivity index (χ3v) is 1.80. The summed E-state index contributed by atoms with van der Waals surface area (Å²) >= 11 is 0. The molecule has 0 aliphatic carbocycles. The molecule has 0 aliphatic rings. The molecule has 0 aromatic carbocycles. The molecule has 11 heteroatoms. The second kappa shape index (κ2) is 7.60. The quantitative estimate of drug-likeness (QED) is 0.335. The zero-order chi connectivity index (χ0) is 7.71. The van der Waals surface area contributed by atoms with Crippen LogP contribution in [0.3, 0.4) is 0 Å². The average Bonchev–Trinajstić information content (AvgIpc) is 1.14. The minimum absolute atomic E-state index is 0. The van der Waals surface area contributed by atoms with Crippen molar-refractivity contribution in [3.63, 3.8) is 0 Å². The molecule has 0 bridgehead atoms. The van der Waals surface area contributed by atoms with Crippen LogP contribution in [0.4, 0.5) is 0 Å². The van der Waals surface area contributed by atoms with Crippen molar-refractivity contribution in [1.29, 1.82) is 0 Å². The third-order valence-electron chi connectivity index (χ3n) is 0.200. The van der Waals surface area contributed by atoms with Gasteiger partial charge in [-0.1, -0.05) is 0 Å². The Morgan fingerprint density at radius 2 is 1.09 bits per heavy atom. The number of rotatable bonds is 2. The van der Waals surface area contributed by atoms with Crippen molar-refractivity contribution < 1.29 is 82.4 Å². The van der Waals surface area contributed by atoms with Crippen LogP contribution in [0.25, 0.3) is 0 Å². The normalized spacial score (nSPS) is 11.3. The largest absolute Gasteiger partial charge is 3.00 e. The zero-order valence-electron chi connectivity index (χ0n) is 4.84. The van der Waals surface area contributed by atoms with Crippen molar-refractivity contribution in [3.05, 3.63) is 0 Å². The Morgan fingerprint density at radius 1 is 0.909 bits per heavy atom. The van der Waals surface area contributed by atoms with Crippen molar-refractivity contribution in [3.8, 4) is 0 Å². The molecule has 0 spiro atoms. The molecule has 0 radical (unpaired) electrons. The molecule has 0 aliphatic heterocycles. The van der Waals surface area contributed by atoms with Crippen molar-refractivity contribution in [2.75, 3.05) is 0 Å². The van der Waals surface area contributed by atoms with Crippen molar-refractivity contribution in [1.82, 2.24) is 0 Å². The fourth-order valence-corrected chi connectivity index (χ4v) is 1.10. The number of phosphoric acid groups is 2. The first-order valence-electron chi connectivity index (χ1n) is 1.46. The third kappa shape index (κ3) is 19.7. The number of hydrogen-bond donors (Lipinski definition) is 0. The molecule has 0 atom stereocenters. The Morgan fingerprint density at radius 3 is 1.09 bits per heavy atom. The minimum Gasteiger partial charge on any atom is -0.790 e. The van der Waals surface area contributed by atoms with E-state index in [9.17, 15) is 28.7 Å². The van der Waals surface area contributed by atoms with E-state index in [2.05, 4.69) is 4.31 Å². The molecule has 0 saturated carbocycles.